The van der Waals surface area contributed by atoms with Gasteiger partial charge >= 0.3 is 0 Å². The van der Waals surface area contributed by atoms with E-state index in [2.05, 4.69) is 4.98 Å². The van der Waals surface area contributed by atoms with Crippen LogP contribution in [0.4, 0.5) is 0 Å². The standard InChI is InChI=1S/C3H3NOS2.H3N/c5-7-3-4-1-2-6-3;/h1-2,5H;1H3. The molecule has 0 aliphatic carbocycles. The fourth-order valence-corrected chi connectivity index (χ4v) is 1.04. The van der Waals surface area contributed by atoms with Crippen molar-refractivity contribution < 1.29 is 4.55 Å². The lowest BCUT2D eigenvalue weighted by Gasteiger charge is -1.93. The molecule has 0 aromatic carbocycles. The van der Waals surface area contributed by atoms with E-state index in [9.17, 15) is 4.55 Å². The Balaban J connectivity index is 0.000000490. The van der Waals surface area contributed by atoms with E-state index in [0.29, 0.717) is 16.4 Å². The van der Waals surface area contributed by atoms with Crippen molar-refractivity contribution >= 4 is 23.4 Å². The molecule has 0 unspecified atom stereocenters. The van der Waals surface area contributed by atoms with E-state index in [1.807, 2.05) is 0 Å². The topological polar surface area (TPSA) is 72.5 Å². The van der Waals surface area contributed by atoms with Gasteiger partial charge in [0.05, 0.1) is 0 Å². The predicted octanol–water partition coefficient (Wildman–Crippen LogP) is 1.74. The van der Waals surface area contributed by atoms with Crippen LogP contribution in [0.5, 0.6) is 0 Å². The summed E-state index contributed by atoms with van der Waals surface area (Å²) >= 11 is 1.80. The Bertz CT molecular complexity index is 130. The summed E-state index contributed by atoms with van der Waals surface area (Å²) in [4.78, 5) is 3.70. The van der Waals surface area contributed by atoms with Crippen molar-refractivity contribution in [3.8, 4) is 0 Å². The molecular formula is C3H6N2OS2. The molecule has 1 rings (SSSR count). The monoisotopic (exact) mass is 150 g/mol. The van der Waals surface area contributed by atoms with E-state index in [4.69, 9.17) is 0 Å². The third-order valence-electron chi connectivity index (χ3n) is 0.481. The predicted molar refractivity (Wildman–Crippen MR) is 34.7 cm³/mol. The number of nitrogens with zero attached hydrogens (tertiary/aromatic N) is 1. The molecular weight excluding hydrogens is 144 g/mol. The lowest BCUT2D eigenvalue weighted by molar-refractivity contribution is 0.618. The smallest absolute Gasteiger partial charge is 0.135 e. The van der Waals surface area contributed by atoms with E-state index in [1.165, 1.54) is 11.3 Å². The van der Waals surface area contributed by atoms with Gasteiger partial charge in [-0.05, 0) is 0 Å². The molecule has 0 bridgehead atoms. The first-order valence-electron chi connectivity index (χ1n) is 1.63. The molecule has 0 saturated carbocycles. The first-order chi connectivity index (χ1) is 3.43. The molecule has 0 spiro atoms. The first-order valence-corrected chi connectivity index (χ1v) is 3.25. The molecule has 0 saturated heterocycles. The molecule has 0 radical (unpaired) electrons. The largest absolute Gasteiger partial charge is 0.793 e. The molecule has 8 heavy (non-hydrogen) atoms. The Morgan fingerprint density at radius 1 is 1.75 bits per heavy atom. The van der Waals surface area contributed by atoms with Gasteiger partial charge in [0.15, 0.2) is 0 Å². The maximum atomic E-state index is 9.86. The highest BCUT2D eigenvalue weighted by Crippen LogP contribution is 2.14. The minimum Gasteiger partial charge on any atom is -0.793 e. The van der Waals surface area contributed by atoms with Gasteiger partial charge in [-0.1, -0.05) is 0 Å². The van der Waals surface area contributed by atoms with Crippen LogP contribution in [0.25, 0.3) is 0 Å². The summed E-state index contributed by atoms with van der Waals surface area (Å²) in [6.45, 7) is 0. The van der Waals surface area contributed by atoms with Crippen LogP contribution in [0.3, 0.4) is 0 Å². The summed E-state index contributed by atoms with van der Waals surface area (Å²) in [6, 6.07) is 0. The lowest BCUT2D eigenvalue weighted by Crippen LogP contribution is -1.58. The van der Waals surface area contributed by atoms with E-state index >= 15 is 0 Å². The second kappa shape index (κ2) is 3.85. The molecule has 1 aromatic heterocycles. The molecule has 0 aliphatic heterocycles. The van der Waals surface area contributed by atoms with Crippen molar-refractivity contribution in [3.63, 3.8) is 0 Å². The van der Waals surface area contributed by atoms with Crippen molar-refractivity contribution in [2.45, 2.75) is 4.34 Å². The number of aromatic nitrogens is 1. The van der Waals surface area contributed by atoms with Crippen LogP contribution in [0.15, 0.2) is 15.9 Å². The quantitative estimate of drug-likeness (QED) is 0.620. The fraction of sp³-hybridized carbons (Fsp3) is 0. The van der Waals surface area contributed by atoms with Gasteiger partial charge in [-0.25, -0.2) is 4.98 Å². The Morgan fingerprint density at radius 3 is 2.75 bits per heavy atom. The van der Waals surface area contributed by atoms with Crippen molar-refractivity contribution in [2.75, 3.05) is 0 Å². The average molecular weight is 150 g/mol. The molecule has 46 valence electrons. The molecule has 0 aliphatic rings. The highest BCUT2D eigenvalue weighted by Gasteiger charge is 1.80. The van der Waals surface area contributed by atoms with Gasteiger partial charge in [-0.15, -0.1) is 11.3 Å². The van der Waals surface area contributed by atoms with Crippen LogP contribution in [0.1, 0.15) is 0 Å². The molecule has 1 heterocycles. The summed E-state index contributed by atoms with van der Waals surface area (Å²) in [5.41, 5.74) is 0. The number of hydrogen-bond donors (Lipinski definition) is 1. The van der Waals surface area contributed by atoms with E-state index < -0.39 is 0 Å². The first kappa shape index (κ1) is 7.90. The SMILES string of the molecule is [NH4+].[O-]Sc1nccs1. The fourth-order valence-electron chi connectivity index (χ4n) is 0.252. The minimum atomic E-state index is 0. The molecule has 0 atom stereocenters. The maximum Gasteiger partial charge on any atom is 0.135 e. The lowest BCUT2D eigenvalue weighted by atomic mass is 11.0. The zero-order valence-corrected chi connectivity index (χ0v) is 5.96. The van der Waals surface area contributed by atoms with Crippen LogP contribution in [-0.2, 0) is 0 Å². The van der Waals surface area contributed by atoms with Crippen LogP contribution in [0.2, 0.25) is 0 Å². The highest BCUT2D eigenvalue weighted by atomic mass is 32.2. The van der Waals surface area contributed by atoms with Crippen LogP contribution in [0, 0.1) is 0 Å². The van der Waals surface area contributed by atoms with Crippen molar-refractivity contribution in [1.29, 1.82) is 0 Å². The van der Waals surface area contributed by atoms with Gasteiger partial charge in [-0.2, -0.15) is 12.0 Å². The van der Waals surface area contributed by atoms with Gasteiger partial charge in [-0.3, -0.25) is 0 Å². The van der Waals surface area contributed by atoms with E-state index in [-0.39, 0.29) is 6.15 Å². The maximum absolute atomic E-state index is 9.86. The highest BCUT2D eigenvalue weighted by molar-refractivity contribution is 7.95. The summed E-state index contributed by atoms with van der Waals surface area (Å²) in [6.07, 6.45) is 1.62. The summed E-state index contributed by atoms with van der Waals surface area (Å²) < 4.78 is 10.4. The van der Waals surface area contributed by atoms with Crippen molar-refractivity contribution in [2.24, 2.45) is 0 Å². The number of quaternary nitrogens is 1. The van der Waals surface area contributed by atoms with Crippen LogP contribution in [-0.4, -0.2) is 9.54 Å². The molecule has 4 N–H and O–H groups in total. The third-order valence-corrected chi connectivity index (χ3v) is 1.79. The Kier molecular flexibility index (Phi) is 3.80. The van der Waals surface area contributed by atoms with Crippen LogP contribution >= 0.6 is 23.4 Å². The minimum absolute atomic E-state index is 0. The zero-order valence-electron chi connectivity index (χ0n) is 4.33. The molecule has 0 amide bonds. The average Bonchev–Trinajstić information content (AvgIpc) is 2.14. The van der Waals surface area contributed by atoms with Gasteiger partial charge in [0, 0.05) is 11.6 Å². The normalized spacial score (nSPS) is 8.12. The van der Waals surface area contributed by atoms with Gasteiger partial charge in [0.2, 0.25) is 0 Å². The van der Waals surface area contributed by atoms with Gasteiger partial charge in [0.1, 0.15) is 4.34 Å². The Hall–Kier alpha value is -0.100. The van der Waals surface area contributed by atoms with Gasteiger partial charge < -0.3 is 10.7 Å². The molecule has 1 aromatic rings. The van der Waals surface area contributed by atoms with E-state index in [1.54, 1.807) is 11.6 Å². The second-order valence-electron chi connectivity index (χ2n) is 0.881. The van der Waals surface area contributed by atoms with Crippen molar-refractivity contribution in [1.82, 2.24) is 11.1 Å². The molecule has 3 nitrogen and oxygen atoms in total. The van der Waals surface area contributed by atoms with E-state index in [0.717, 1.165) is 0 Å². The molecule has 5 heteroatoms. The number of rotatable bonds is 1. The summed E-state index contributed by atoms with van der Waals surface area (Å²) in [5.74, 6) is 0. The zero-order chi connectivity index (χ0) is 5.11. The summed E-state index contributed by atoms with van der Waals surface area (Å²) in [5, 5.41) is 1.78. The Morgan fingerprint density at radius 2 is 2.50 bits per heavy atom. The third kappa shape index (κ3) is 1.79. The summed E-state index contributed by atoms with van der Waals surface area (Å²) in [7, 11) is 0. The molecule has 0 fully saturated rings. The number of thiazole rings is 1. The Labute approximate surface area is 55.6 Å². The van der Waals surface area contributed by atoms with Crippen molar-refractivity contribution in [3.05, 3.63) is 11.6 Å². The second-order valence-corrected chi connectivity index (χ2v) is 2.59. The van der Waals surface area contributed by atoms with Gasteiger partial charge in [0.25, 0.3) is 0 Å². The number of hydrogen-bond acceptors (Lipinski definition) is 4. The van der Waals surface area contributed by atoms with Crippen LogP contribution < -0.4 is 6.15 Å².